The fraction of sp³-hybridized carbons (Fsp3) is 0.846. The minimum Gasteiger partial charge on any atom is -0.355 e. The van der Waals surface area contributed by atoms with Crippen molar-refractivity contribution in [1.82, 2.24) is 5.32 Å². The number of nitriles is 1. The van der Waals surface area contributed by atoms with Crippen LogP contribution in [0.1, 0.15) is 46.0 Å². The van der Waals surface area contributed by atoms with E-state index in [0.29, 0.717) is 19.4 Å². The van der Waals surface area contributed by atoms with Gasteiger partial charge in [-0.05, 0) is 37.7 Å². The molecule has 0 aromatic rings. The Kier molecular flexibility index (Phi) is 8.97. The molecule has 1 amide bonds. The Hall–Kier alpha value is -0.690. The van der Waals surface area contributed by atoms with Crippen molar-refractivity contribution < 1.29 is 4.79 Å². The molecule has 0 saturated carbocycles. The highest BCUT2D eigenvalue weighted by Gasteiger charge is 2.34. The number of carbonyl (C=O) groups is 1. The van der Waals surface area contributed by atoms with Gasteiger partial charge in [0.15, 0.2) is 0 Å². The molecule has 0 unspecified atom stereocenters. The van der Waals surface area contributed by atoms with Crippen LogP contribution in [0.15, 0.2) is 0 Å². The molecule has 4 heteroatoms. The number of nitrogens with one attached hydrogen (secondary N) is 1. The predicted molar refractivity (Wildman–Crippen MR) is 73.9 cm³/mol. The van der Waals surface area contributed by atoms with E-state index in [1.54, 1.807) is 0 Å². The zero-order valence-corrected chi connectivity index (χ0v) is 12.0. The van der Waals surface area contributed by atoms with Crippen LogP contribution in [0.5, 0.6) is 0 Å². The third kappa shape index (κ3) is 5.45. The van der Waals surface area contributed by atoms with Crippen molar-refractivity contribution in [3.05, 3.63) is 0 Å². The Morgan fingerprint density at radius 2 is 1.94 bits per heavy atom. The van der Waals surface area contributed by atoms with Gasteiger partial charge in [0.2, 0.25) is 5.91 Å². The molecule has 0 aliphatic carbocycles. The first-order valence-corrected chi connectivity index (χ1v) is 7.74. The summed E-state index contributed by atoms with van der Waals surface area (Å²) in [6.45, 7) is 4.48. The number of unbranched alkanes of at least 4 members (excludes halogenated alkanes) is 2. The van der Waals surface area contributed by atoms with E-state index in [4.69, 9.17) is 5.26 Å². The molecule has 0 spiro atoms. The lowest BCUT2D eigenvalue weighted by Gasteiger charge is -2.22. The fourth-order valence-corrected chi connectivity index (χ4v) is 2.19. The molecule has 0 aliphatic heterocycles. The van der Waals surface area contributed by atoms with E-state index in [0.717, 1.165) is 12.8 Å². The summed E-state index contributed by atoms with van der Waals surface area (Å²) in [5.41, 5.74) is -0.820. The summed E-state index contributed by atoms with van der Waals surface area (Å²) in [6, 6.07) is 2.16. The van der Waals surface area contributed by atoms with Gasteiger partial charge in [-0.15, -0.1) is 0 Å². The number of rotatable bonds is 9. The van der Waals surface area contributed by atoms with Crippen LogP contribution in [-0.2, 0) is 4.79 Å². The summed E-state index contributed by atoms with van der Waals surface area (Å²) in [4.78, 5) is 11.9. The molecule has 0 bridgehead atoms. The summed E-state index contributed by atoms with van der Waals surface area (Å²) in [5, 5.41) is 12.0. The highest BCUT2D eigenvalue weighted by Crippen LogP contribution is 2.25. The van der Waals surface area contributed by atoms with E-state index in [1.807, 2.05) is 25.6 Å². The molecule has 0 atom stereocenters. The van der Waals surface area contributed by atoms with Crippen LogP contribution >= 0.6 is 11.8 Å². The topological polar surface area (TPSA) is 52.9 Å². The maximum Gasteiger partial charge on any atom is 0.240 e. The molecular formula is C13H24N2OS. The average molecular weight is 256 g/mol. The van der Waals surface area contributed by atoms with E-state index >= 15 is 0 Å². The molecule has 0 aliphatic rings. The number of carbonyl (C=O) groups excluding carboxylic acids is 1. The summed E-state index contributed by atoms with van der Waals surface area (Å²) in [7, 11) is 0. The van der Waals surface area contributed by atoms with E-state index in [2.05, 4.69) is 17.6 Å². The third-order valence-corrected chi connectivity index (χ3v) is 3.86. The molecule has 0 aromatic heterocycles. The summed E-state index contributed by atoms with van der Waals surface area (Å²) in [6.07, 6.45) is 6.60. The molecule has 0 fully saturated rings. The zero-order valence-electron chi connectivity index (χ0n) is 11.2. The summed E-state index contributed by atoms with van der Waals surface area (Å²) in [5.74, 6) is 1.08. The lowest BCUT2D eigenvalue weighted by atomic mass is 9.83. The van der Waals surface area contributed by atoms with Crippen LogP contribution in [0.25, 0.3) is 0 Å². The minimum absolute atomic E-state index is 0.102. The highest BCUT2D eigenvalue weighted by atomic mass is 32.2. The zero-order chi connectivity index (χ0) is 13.1. The van der Waals surface area contributed by atoms with E-state index < -0.39 is 5.41 Å². The quantitative estimate of drug-likeness (QED) is 0.645. The van der Waals surface area contributed by atoms with Gasteiger partial charge in [-0.2, -0.15) is 17.0 Å². The van der Waals surface area contributed by atoms with Crippen LogP contribution in [0.4, 0.5) is 0 Å². The monoisotopic (exact) mass is 256 g/mol. The van der Waals surface area contributed by atoms with Gasteiger partial charge in [0.05, 0.1) is 6.07 Å². The van der Waals surface area contributed by atoms with Crippen molar-refractivity contribution in [1.29, 1.82) is 5.26 Å². The summed E-state index contributed by atoms with van der Waals surface area (Å²) < 4.78 is 0. The standard InChI is InChI=1S/C13H24N2OS/c1-4-13(5-2,11-14)12(16)15-9-7-6-8-10-17-3/h4-10H2,1-3H3,(H,15,16). The molecule has 0 rings (SSSR count). The number of thioether (sulfide) groups is 1. The smallest absolute Gasteiger partial charge is 0.240 e. The lowest BCUT2D eigenvalue weighted by Crippen LogP contribution is -2.39. The van der Waals surface area contributed by atoms with Crippen molar-refractivity contribution in [3.8, 4) is 6.07 Å². The van der Waals surface area contributed by atoms with E-state index in [9.17, 15) is 4.79 Å². The third-order valence-electron chi connectivity index (χ3n) is 3.17. The van der Waals surface area contributed by atoms with Crippen molar-refractivity contribution in [3.63, 3.8) is 0 Å². The van der Waals surface area contributed by atoms with Gasteiger partial charge in [-0.3, -0.25) is 4.79 Å². The van der Waals surface area contributed by atoms with Gasteiger partial charge in [-0.1, -0.05) is 20.3 Å². The molecule has 0 saturated heterocycles. The lowest BCUT2D eigenvalue weighted by molar-refractivity contribution is -0.128. The SMILES string of the molecule is CCC(C#N)(CC)C(=O)NCCCCCSC. The Morgan fingerprint density at radius 1 is 1.29 bits per heavy atom. The van der Waals surface area contributed by atoms with E-state index in [-0.39, 0.29) is 5.91 Å². The fourth-order valence-electron chi connectivity index (χ4n) is 1.70. The molecule has 17 heavy (non-hydrogen) atoms. The second-order valence-electron chi connectivity index (χ2n) is 4.21. The van der Waals surface area contributed by atoms with Crippen molar-refractivity contribution >= 4 is 17.7 Å². The Bertz CT molecular complexity index is 257. The summed E-state index contributed by atoms with van der Waals surface area (Å²) >= 11 is 1.85. The Morgan fingerprint density at radius 3 is 2.41 bits per heavy atom. The average Bonchev–Trinajstić information content (AvgIpc) is 2.36. The molecule has 3 nitrogen and oxygen atoms in total. The van der Waals surface area contributed by atoms with Crippen molar-refractivity contribution in [2.75, 3.05) is 18.6 Å². The van der Waals surface area contributed by atoms with Crippen LogP contribution < -0.4 is 5.32 Å². The number of nitrogens with zero attached hydrogens (tertiary/aromatic N) is 1. The first-order chi connectivity index (χ1) is 8.16. The van der Waals surface area contributed by atoms with Crippen LogP contribution in [-0.4, -0.2) is 24.5 Å². The first kappa shape index (κ1) is 16.3. The second kappa shape index (κ2) is 9.35. The van der Waals surface area contributed by atoms with Crippen LogP contribution in [0, 0.1) is 16.7 Å². The first-order valence-electron chi connectivity index (χ1n) is 6.35. The number of amides is 1. The minimum atomic E-state index is -0.820. The number of hydrogen-bond donors (Lipinski definition) is 1. The van der Waals surface area contributed by atoms with Crippen LogP contribution in [0.2, 0.25) is 0 Å². The predicted octanol–water partition coefficient (Wildman–Crippen LogP) is 2.97. The largest absolute Gasteiger partial charge is 0.355 e. The molecule has 0 aromatic carbocycles. The van der Waals surface area contributed by atoms with Gasteiger partial charge in [0.25, 0.3) is 0 Å². The Balaban J connectivity index is 3.89. The number of hydrogen-bond acceptors (Lipinski definition) is 3. The van der Waals surface area contributed by atoms with Gasteiger partial charge in [0, 0.05) is 6.54 Å². The van der Waals surface area contributed by atoms with E-state index in [1.165, 1.54) is 12.2 Å². The molecular weight excluding hydrogens is 232 g/mol. The van der Waals surface area contributed by atoms with Gasteiger partial charge in [0.1, 0.15) is 5.41 Å². The molecule has 98 valence electrons. The van der Waals surface area contributed by atoms with Gasteiger partial charge >= 0.3 is 0 Å². The normalized spacial score (nSPS) is 10.9. The maximum atomic E-state index is 11.9. The van der Waals surface area contributed by atoms with Crippen LogP contribution in [0.3, 0.4) is 0 Å². The van der Waals surface area contributed by atoms with Crippen molar-refractivity contribution in [2.45, 2.75) is 46.0 Å². The van der Waals surface area contributed by atoms with Crippen molar-refractivity contribution in [2.24, 2.45) is 5.41 Å². The molecule has 0 radical (unpaired) electrons. The Labute approximate surface area is 109 Å². The highest BCUT2D eigenvalue weighted by molar-refractivity contribution is 7.98. The van der Waals surface area contributed by atoms with Gasteiger partial charge in [-0.25, -0.2) is 0 Å². The van der Waals surface area contributed by atoms with Gasteiger partial charge < -0.3 is 5.32 Å². The maximum absolute atomic E-state index is 11.9. The second-order valence-corrected chi connectivity index (χ2v) is 5.20. The molecule has 1 N–H and O–H groups in total. The molecule has 0 heterocycles.